The lowest BCUT2D eigenvalue weighted by Gasteiger charge is -2.37. The van der Waals surface area contributed by atoms with Crippen molar-refractivity contribution in [3.05, 3.63) is 36.0 Å². The van der Waals surface area contributed by atoms with Gasteiger partial charge in [-0.25, -0.2) is 4.79 Å². The molecule has 0 bridgehead atoms. The third-order valence-electron chi connectivity index (χ3n) is 10.4. The third kappa shape index (κ3) is 11.4. The highest BCUT2D eigenvalue weighted by Gasteiger charge is 2.47. The zero-order valence-corrected chi connectivity index (χ0v) is 29.8. The number of carbonyl (C=O) groups excluding carboxylic acids is 2. The van der Waals surface area contributed by atoms with Crippen molar-refractivity contribution < 1.29 is 44.2 Å². The fourth-order valence-electron chi connectivity index (χ4n) is 6.76. The minimum atomic E-state index is -1.48. The number of nitrogens with zero attached hydrogens (tertiary/aromatic N) is 2. The van der Waals surface area contributed by atoms with E-state index in [1.165, 1.54) is 12.8 Å². The molecule has 48 heavy (non-hydrogen) atoms. The summed E-state index contributed by atoms with van der Waals surface area (Å²) in [6, 6.07) is 0. The summed E-state index contributed by atoms with van der Waals surface area (Å²) in [5, 5.41) is 43.2. The first-order chi connectivity index (χ1) is 22.6. The van der Waals surface area contributed by atoms with Gasteiger partial charge < -0.3 is 39.5 Å². The van der Waals surface area contributed by atoms with E-state index in [0.717, 1.165) is 25.6 Å². The maximum atomic E-state index is 13.3. The molecule has 1 aliphatic carbocycles. The molecular formula is C37H60N2O9. The number of aliphatic hydroxyl groups is 4. The van der Waals surface area contributed by atoms with Crippen molar-refractivity contribution in [3.8, 4) is 0 Å². The average Bonchev–Trinajstić information content (AvgIpc) is 3.97. The van der Waals surface area contributed by atoms with E-state index in [1.807, 2.05) is 27.7 Å². The van der Waals surface area contributed by atoms with E-state index in [0.29, 0.717) is 31.5 Å². The van der Waals surface area contributed by atoms with Gasteiger partial charge in [0.15, 0.2) is 6.10 Å². The van der Waals surface area contributed by atoms with Crippen LogP contribution >= 0.6 is 0 Å². The number of piperazine rings is 1. The molecule has 0 spiro atoms. The molecule has 0 aromatic rings. The molecule has 0 aromatic heterocycles. The molecule has 0 radical (unpaired) electrons. The number of cyclic esters (lactones) is 1. The minimum Gasteiger partial charge on any atom is -0.457 e. The molecule has 0 aromatic carbocycles. The van der Waals surface area contributed by atoms with Crippen LogP contribution in [0.3, 0.4) is 0 Å². The fraction of sp³-hybridized carbons (Fsp3) is 0.784. The molecule has 10 atom stereocenters. The Hall–Kier alpha value is -2.28. The fourth-order valence-corrected chi connectivity index (χ4v) is 6.76. The minimum absolute atomic E-state index is 0.00934. The van der Waals surface area contributed by atoms with Crippen molar-refractivity contribution in [3.63, 3.8) is 0 Å². The maximum Gasteiger partial charge on any atom is 0.410 e. The summed E-state index contributed by atoms with van der Waals surface area (Å²) in [4.78, 5) is 30.2. The van der Waals surface area contributed by atoms with Crippen molar-refractivity contribution >= 4 is 12.1 Å². The molecular weight excluding hydrogens is 616 g/mol. The lowest BCUT2D eigenvalue weighted by atomic mass is 9.88. The number of esters is 1. The molecule has 2 saturated heterocycles. The van der Waals surface area contributed by atoms with E-state index in [2.05, 4.69) is 4.90 Å². The van der Waals surface area contributed by atoms with Crippen molar-refractivity contribution in [2.24, 2.45) is 17.8 Å². The molecule has 4 aliphatic rings. The van der Waals surface area contributed by atoms with Crippen molar-refractivity contribution in [2.45, 2.75) is 134 Å². The molecule has 4 N–H and O–H groups in total. The van der Waals surface area contributed by atoms with Crippen LogP contribution in [-0.2, 0) is 19.0 Å². The van der Waals surface area contributed by atoms with Crippen LogP contribution in [0.4, 0.5) is 4.79 Å². The average molecular weight is 677 g/mol. The van der Waals surface area contributed by atoms with E-state index in [9.17, 15) is 30.0 Å². The summed E-state index contributed by atoms with van der Waals surface area (Å²) in [6.07, 6.45) is 8.40. The number of amides is 1. The Labute approximate surface area is 286 Å². The Morgan fingerprint density at radius 2 is 1.90 bits per heavy atom. The highest BCUT2D eigenvalue weighted by Crippen LogP contribution is 2.38. The summed E-state index contributed by atoms with van der Waals surface area (Å²) in [5.41, 5.74) is -1.92. The number of ether oxygens (including phenoxy) is 3. The second-order valence-corrected chi connectivity index (χ2v) is 15.2. The van der Waals surface area contributed by atoms with Gasteiger partial charge in [0.1, 0.15) is 11.7 Å². The van der Waals surface area contributed by atoms with Crippen LogP contribution in [0, 0.1) is 17.8 Å². The first-order valence-electron chi connectivity index (χ1n) is 18.0. The lowest BCUT2D eigenvalue weighted by Crippen LogP contribution is -2.51. The zero-order chi connectivity index (χ0) is 35.2. The van der Waals surface area contributed by atoms with Crippen molar-refractivity contribution in [1.82, 2.24) is 9.80 Å². The van der Waals surface area contributed by atoms with E-state index in [1.54, 1.807) is 49.1 Å². The second-order valence-electron chi connectivity index (χ2n) is 15.2. The number of hydrogen-bond acceptors (Lipinski definition) is 10. The lowest BCUT2D eigenvalue weighted by molar-refractivity contribution is -0.151. The Balaban J connectivity index is 1.42. The highest BCUT2D eigenvalue weighted by atomic mass is 16.6. The monoisotopic (exact) mass is 676 g/mol. The molecule has 3 aliphatic heterocycles. The molecule has 11 nitrogen and oxygen atoms in total. The Kier molecular flexibility index (Phi) is 13.3. The number of aliphatic hydroxyl groups excluding tert-OH is 2. The van der Waals surface area contributed by atoms with Crippen molar-refractivity contribution in [2.75, 3.05) is 32.7 Å². The van der Waals surface area contributed by atoms with Gasteiger partial charge in [0.2, 0.25) is 0 Å². The maximum absolute atomic E-state index is 13.3. The van der Waals surface area contributed by atoms with Gasteiger partial charge in [0.25, 0.3) is 0 Å². The number of rotatable bonds is 11. The number of carbonyl (C=O) groups is 2. The Morgan fingerprint density at radius 1 is 1.21 bits per heavy atom. The zero-order valence-electron chi connectivity index (χ0n) is 29.8. The first-order valence-corrected chi connectivity index (χ1v) is 18.0. The van der Waals surface area contributed by atoms with Crippen LogP contribution in [0.15, 0.2) is 36.0 Å². The van der Waals surface area contributed by atoms with E-state index < -0.39 is 47.7 Å². The van der Waals surface area contributed by atoms with Gasteiger partial charge in [-0.3, -0.25) is 9.69 Å². The van der Waals surface area contributed by atoms with Gasteiger partial charge >= 0.3 is 12.1 Å². The van der Waals surface area contributed by atoms with Gasteiger partial charge in [-0.05, 0) is 70.4 Å². The topological polar surface area (TPSA) is 153 Å². The quantitative estimate of drug-likeness (QED) is 0.110. The second kappa shape index (κ2) is 16.6. The van der Waals surface area contributed by atoms with E-state index >= 15 is 0 Å². The van der Waals surface area contributed by atoms with Gasteiger partial charge in [0, 0.05) is 51.0 Å². The van der Waals surface area contributed by atoms with Crippen molar-refractivity contribution in [1.29, 1.82) is 0 Å². The Bertz CT molecular complexity index is 1170. The number of epoxide rings is 1. The van der Waals surface area contributed by atoms with Crippen LogP contribution in [0.2, 0.25) is 0 Å². The van der Waals surface area contributed by atoms with Gasteiger partial charge in [-0.1, -0.05) is 45.1 Å². The van der Waals surface area contributed by atoms with Crippen LogP contribution in [-0.4, -0.2) is 123 Å². The molecule has 4 rings (SSSR count). The predicted molar refractivity (Wildman–Crippen MR) is 182 cm³/mol. The summed E-state index contributed by atoms with van der Waals surface area (Å²) in [7, 11) is 0. The number of hydrogen-bond donors (Lipinski definition) is 4. The van der Waals surface area contributed by atoms with Gasteiger partial charge in [-0.2, -0.15) is 0 Å². The molecule has 1 saturated carbocycles. The summed E-state index contributed by atoms with van der Waals surface area (Å²) < 4.78 is 17.5. The molecule has 10 unspecified atom stereocenters. The van der Waals surface area contributed by atoms with Crippen LogP contribution in [0.25, 0.3) is 0 Å². The normalized spacial score (nSPS) is 35.9. The molecule has 3 heterocycles. The molecule has 11 heteroatoms. The SMILES string of the molecule is CCC(O)C(C)C1OC1CC(C)(O)/C=C/C=C(\C)C1OC(=O)CC(O)CCC(C)(O)C(OC(=O)N2CCN(CC3CC3)CC2)/C=C/C1C. The summed E-state index contributed by atoms with van der Waals surface area (Å²) in [5.74, 6) is -0.146. The molecule has 272 valence electrons. The first kappa shape index (κ1) is 38.5. The van der Waals surface area contributed by atoms with Gasteiger partial charge in [0.05, 0.1) is 36.4 Å². The third-order valence-corrected chi connectivity index (χ3v) is 10.4. The van der Waals surface area contributed by atoms with Crippen LogP contribution in [0.5, 0.6) is 0 Å². The smallest absolute Gasteiger partial charge is 0.410 e. The molecule has 3 fully saturated rings. The largest absolute Gasteiger partial charge is 0.457 e. The van der Waals surface area contributed by atoms with E-state index in [-0.39, 0.29) is 43.3 Å². The predicted octanol–water partition coefficient (Wildman–Crippen LogP) is 3.74. The van der Waals surface area contributed by atoms with Crippen LogP contribution < -0.4 is 0 Å². The summed E-state index contributed by atoms with van der Waals surface area (Å²) in [6.45, 7) is 14.7. The Morgan fingerprint density at radius 3 is 2.54 bits per heavy atom. The highest BCUT2D eigenvalue weighted by molar-refractivity contribution is 5.70. The summed E-state index contributed by atoms with van der Waals surface area (Å²) >= 11 is 0. The van der Waals surface area contributed by atoms with E-state index in [4.69, 9.17) is 14.2 Å². The standard InChI is InChI=1S/C37H60N2O9/c1-7-29(41)26(4)34-30(46-34)22-36(5,44)15-8-9-24(2)33-25(3)10-13-31(37(6,45)16-14-28(40)21-32(42)48-33)47-35(43)39-19-17-38(18-20-39)23-27-11-12-27/h8-10,13,15,25-31,33-34,40-41,44-45H,7,11-12,14,16-23H2,1-6H3/b13-10+,15-8+,24-9+. The molecule has 1 amide bonds. The number of allylic oxidation sites excluding steroid dienone is 2. The van der Waals surface area contributed by atoms with Crippen LogP contribution in [0.1, 0.15) is 86.5 Å². The van der Waals surface area contributed by atoms with Gasteiger partial charge in [-0.15, -0.1) is 0 Å².